The summed E-state index contributed by atoms with van der Waals surface area (Å²) in [5.74, 6) is -0.00858. The van der Waals surface area contributed by atoms with Crippen LogP contribution in [-0.2, 0) is 6.18 Å². The van der Waals surface area contributed by atoms with Gasteiger partial charge in [-0.1, -0.05) is 30.3 Å². The van der Waals surface area contributed by atoms with Gasteiger partial charge in [-0.25, -0.2) is 0 Å². The number of halogens is 3. The lowest BCUT2D eigenvalue weighted by Crippen LogP contribution is -2.20. The van der Waals surface area contributed by atoms with E-state index in [0.29, 0.717) is 11.3 Å². The van der Waals surface area contributed by atoms with E-state index in [4.69, 9.17) is 4.74 Å². The normalized spacial score (nSPS) is 13.0. The molecule has 3 rings (SSSR count). The number of hydrogen-bond acceptors (Lipinski definition) is 4. The number of alkyl halides is 3. The van der Waals surface area contributed by atoms with Crippen molar-refractivity contribution in [2.45, 2.75) is 6.18 Å². The summed E-state index contributed by atoms with van der Waals surface area (Å²) in [6.07, 6.45) is -2.15. The molecule has 0 atom stereocenters. The van der Waals surface area contributed by atoms with E-state index in [1.165, 1.54) is 31.4 Å². The molecule has 1 aromatic heterocycles. The zero-order valence-corrected chi connectivity index (χ0v) is 15.4. The molecule has 4 nitrogen and oxygen atoms in total. The molecular weight excluding hydrogens is 391 g/mol. The number of H-pyrrole nitrogens is 1. The number of para-hydroxylation sites is 1. The summed E-state index contributed by atoms with van der Waals surface area (Å²) in [6.45, 7) is 0. The van der Waals surface area contributed by atoms with Gasteiger partial charge >= 0.3 is 6.18 Å². The maximum absolute atomic E-state index is 13.1. The second-order valence-electron chi connectivity index (χ2n) is 5.72. The van der Waals surface area contributed by atoms with E-state index in [1.807, 2.05) is 0 Å². The van der Waals surface area contributed by atoms with Gasteiger partial charge < -0.3 is 9.72 Å². The molecule has 0 amide bonds. The minimum Gasteiger partial charge on any atom is -0.496 e. The van der Waals surface area contributed by atoms with Crippen molar-refractivity contribution in [3.63, 3.8) is 0 Å². The molecule has 0 aliphatic heterocycles. The van der Waals surface area contributed by atoms with Crippen molar-refractivity contribution in [1.29, 1.82) is 0 Å². The van der Waals surface area contributed by atoms with Crippen molar-refractivity contribution in [3.8, 4) is 5.75 Å². The van der Waals surface area contributed by atoms with E-state index in [0.717, 1.165) is 23.5 Å². The van der Waals surface area contributed by atoms with E-state index < -0.39 is 23.1 Å². The van der Waals surface area contributed by atoms with Crippen LogP contribution in [0.1, 0.15) is 21.5 Å². The molecule has 0 radical (unpaired) electrons. The number of methoxy groups -OCH3 is 1. The number of ether oxygens (including phenoxy) is 1. The summed E-state index contributed by atoms with van der Waals surface area (Å²) in [5.41, 5.74) is -1.21. The number of hydrogen-bond donors (Lipinski definition) is 1. The molecule has 1 N–H and O–H groups in total. The van der Waals surface area contributed by atoms with Crippen molar-refractivity contribution in [2.75, 3.05) is 7.11 Å². The lowest BCUT2D eigenvalue weighted by molar-refractivity contribution is -0.137. The highest BCUT2D eigenvalue weighted by Gasteiger charge is 2.32. The highest BCUT2D eigenvalue weighted by Crippen LogP contribution is 2.32. The van der Waals surface area contributed by atoms with Gasteiger partial charge in [0.1, 0.15) is 5.75 Å². The lowest BCUT2D eigenvalue weighted by Gasteiger charge is -2.09. The van der Waals surface area contributed by atoms with Crippen LogP contribution in [0.3, 0.4) is 0 Å². The van der Waals surface area contributed by atoms with E-state index in [2.05, 4.69) is 4.98 Å². The first-order valence-corrected chi connectivity index (χ1v) is 8.87. The Morgan fingerprint density at radius 3 is 2.50 bits per heavy atom. The molecule has 0 fully saturated rings. The van der Waals surface area contributed by atoms with E-state index in [9.17, 15) is 22.8 Å². The molecule has 0 aliphatic rings. The number of aromatic nitrogens is 1. The summed E-state index contributed by atoms with van der Waals surface area (Å²) in [5, 5.41) is 0. The van der Waals surface area contributed by atoms with Gasteiger partial charge in [-0.05, 0) is 29.8 Å². The minimum absolute atomic E-state index is 0.0655. The molecule has 144 valence electrons. The van der Waals surface area contributed by atoms with Crippen molar-refractivity contribution in [3.05, 3.63) is 84.8 Å². The molecule has 0 spiro atoms. The Morgan fingerprint density at radius 2 is 1.79 bits per heavy atom. The zero-order valence-electron chi connectivity index (χ0n) is 14.5. The molecule has 1 heterocycles. The fraction of sp³-hybridized carbons (Fsp3) is 0.100. The maximum Gasteiger partial charge on any atom is 0.416 e. The summed E-state index contributed by atoms with van der Waals surface area (Å²) in [4.78, 5) is 27.1. The lowest BCUT2D eigenvalue weighted by atomic mass is 10.1. The van der Waals surface area contributed by atoms with Crippen LogP contribution in [0.5, 0.6) is 5.75 Å². The predicted octanol–water partition coefficient (Wildman–Crippen LogP) is 2.96. The SMILES string of the molecule is COc1ccccc1C(=O)/C=c1\[nH]c(=O)/c(=C\c2ccccc2C(F)(F)F)s1. The van der Waals surface area contributed by atoms with Crippen molar-refractivity contribution in [2.24, 2.45) is 0 Å². The van der Waals surface area contributed by atoms with Crippen molar-refractivity contribution < 1.29 is 22.7 Å². The fourth-order valence-corrected chi connectivity index (χ4v) is 3.47. The number of ketones is 1. The average Bonchev–Trinajstić information content (AvgIpc) is 3.00. The number of carbonyl (C=O) groups excluding carboxylic acids is 1. The van der Waals surface area contributed by atoms with Crippen LogP contribution in [0.15, 0.2) is 53.3 Å². The molecular formula is C20H14F3NO3S. The Morgan fingerprint density at radius 1 is 1.11 bits per heavy atom. The second kappa shape index (κ2) is 7.85. The van der Waals surface area contributed by atoms with Gasteiger partial charge in [-0.3, -0.25) is 9.59 Å². The highest BCUT2D eigenvalue weighted by atomic mass is 32.1. The monoisotopic (exact) mass is 405 g/mol. The zero-order chi connectivity index (χ0) is 20.3. The Balaban J connectivity index is 2.06. The fourth-order valence-electron chi connectivity index (χ4n) is 2.59. The van der Waals surface area contributed by atoms with Crippen molar-refractivity contribution >= 4 is 29.3 Å². The number of benzene rings is 2. The first-order valence-electron chi connectivity index (χ1n) is 8.06. The van der Waals surface area contributed by atoms with Crippen molar-refractivity contribution in [1.82, 2.24) is 4.98 Å². The predicted molar refractivity (Wildman–Crippen MR) is 101 cm³/mol. The largest absolute Gasteiger partial charge is 0.496 e. The van der Waals surface area contributed by atoms with Gasteiger partial charge in [0.2, 0.25) is 0 Å². The number of aromatic amines is 1. The molecule has 28 heavy (non-hydrogen) atoms. The van der Waals surface area contributed by atoms with Crippen LogP contribution in [0.4, 0.5) is 13.2 Å². The summed E-state index contributed by atoms with van der Waals surface area (Å²) >= 11 is 0.902. The third-order valence-electron chi connectivity index (χ3n) is 3.87. The van der Waals surface area contributed by atoms with Gasteiger partial charge in [0.05, 0.1) is 27.4 Å². The standard InChI is InChI=1S/C20H14F3NO3S/c1-27-16-9-5-3-7-13(16)15(25)11-18-24-19(26)17(28-18)10-12-6-2-4-8-14(12)20(21,22)23/h2-11H,1H3,(H,24,26)/b17-10+,18-11+. The molecule has 0 unspecified atom stereocenters. The molecule has 3 aromatic rings. The first kappa shape index (κ1) is 19.6. The first-order chi connectivity index (χ1) is 13.3. The number of nitrogens with one attached hydrogen (secondary N) is 1. The Labute approximate surface area is 161 Å². The maximum atomic E-state index is 13.1. The molecule has 2 aromatic carbocycles. The molecule has 0 saturated heterocycles. The molecule has 8 heteroatoms. The van der Waals surface area contributed by atoms with E-state index >= 15 is 0 Å². The topological polar surface area (TPSA) is 59.2 Å². The van der Waals surface area contributed by atoms with Gasteiger partial charge in [-0.2, -0.15) is 13.2 Å². The number of carbonyl (C=O) groups is 1. The quantitative estimate of drug-likeness (QED) is 0.679. The van der Waals surface area contributed by atoms with Gasteiger partial charge in [0, 0.05) is 6.08 Å². The van der Waals surface area contributed by atoms with Gasteiger partial charge in [0.15, 0.2) is 5.78 Å². The average molecular weight is 405 g/mol. The van der Waals surface area contributed by atoms with Crippen LogP contribution >= 0.6 is 11.3 Å². The number of Topliss-reactive ketones (excluding diaryl/α,β-unsaturated/α-hetero) is 1. The van der Waals surface area contributed by atoms with E-state index in [-0.39, 0.29) is 14.8 Å². The molecule has 0 aliphatic carbocycles. The second-order valence-corrected chi connectivity index (χ2v) is 6.81. The smallest absolute Gasteiger partial charge is 0.416 e. The summed E-state index contributed by atoms with van der Waals surface area (Å²) < 4.78 is 44.8. The molecule has 0 bridgehead atoms. The number of rotatable bonds is 4. The van der Waals surface area contributed by atoms with Crippen LogP contribution in [0, 0.1) is 0 Å². The highest BCUT2D eigenvalue weighted by molar-refractivity contribution is 7.07. The Bertz CT molecular complexity index is 1190. The van der Waals surface area contributed by atoms with Crippen LogP contribution in [-0.4, -0.2) is 17.9 Å². The minimum atomic E-state index is -4.54. The number of thiazole rings is 1. The molecule has 0 saturated carbocycles. The summed E-state index contributed by atoms with van der Waals surface area (Å²) in [6, 6.07) is 11.6. The third kappa shape index (κ3) is 4.23. The van der Waals surface area contributed by atoms with Gasteiger partial charge in [0.25, 0.3) is 5.56 Å². The Hall–Kier alpha value is -3.13. The van der Waals surface area contributed by atoms with Crippen LogP contribution < -0.4 is 19.5 Å². The summed E-state index contributed by atoms with van der Waals surface area (Å²) in [7, 11) is 1.43. The van der Waals surface area contributed by atoms with Crippen LogP contribution in [0.25, 0.3) is 12.2 Å². The van der Waals surface area contributed by atoms with Crippen LogP contribution in [0.2, 0.25) is 0 Å². The Kier molecular flexibility index (Phi) is 5.51. The van der Waals surface area contributed by atoms with Gasteiger partial charge in [-0.15, -0.1) is 11.3 Å². The van der Waals surface area contributed by atoms with E-state index in [1.54, 1.807) is 24.3 Å². The third-order valence-corrected chi connectivity index (χ3v) is 4.83.